The van der Waals surface area contributed by atoms with E-state index in [0.29, 0.717) is 10.2 Å². The molecule has 0 unspecified atom stereocenters. The first-order valence-corrected chi connectivity index (χ1v) is 5.76. The number of nitriles is 1. The Bertz CT molecular complexity index is 579. The minimum atomic E-state index is 0.262. The molecule has 1 aromatic heterocycles. The molecule has 2 rings (SSSR count). The van der Waals surface area contributed by atoms with Crippen LogP contribution in [-0.2, 0) is 6.42 Å². The summed E-state index contributed by atoms with van der Waals surface area (Å²) in [5.74, 6) is 0. The Hall–Kier alpha value is -1.50. The minimum Gasteiger partial charge on any atom is -0.222 e. The van der Waals surface area contributed by atoms with Gasteiger partial charge in [-0.3, -0.25) is 0 Å². The molecule has 0 radical (unpaired) electrons. The number of nitrogens with zero attached hydrogens (tertiary/aromatic N) is 3. The normalized spacial score (nSPS) is 10.2. The van der Waals surface area contributed by atoms with E-state index in [9.17, 15) is 0 Å². The number of hydrogen-bond donors (Lipinski definition) is 0. The average Bonchev–Trinajstić information content (AvgIpc) is 2.59. The Kier molecular flexibility index (Phi) is 3.37. The summed E-state index contributed by atoms with van der Waals surface area (Å²) in [6.45, 7) is 1.84. The summed E-state index contributed by atoms with van der Waals surface area (Å²) in [6, 6.07) is 9.29. The lowest BCUT2D eigenvalue weighted by molar-refractivity contribution is 0.863. The van der Waals surface area contributed by atoms with Crippen LogP contribution in [0.2, 0.25) is 10.2 Å². The second kappa shape index (κ2) is 4.79. The molecule has 0 aliphatic carbocycles. The SMILES string of the molecule is Cc1nn(-c2ccc(Cl)cc2)c(Cl)c1CC#N. The molecule has 0 spiro atoms. The second-order valence-corrected chi connectivity index (χ2v) is 4.37. The molecule has 17 heavy (non-hydrogen) atoms. The van der Waals surface area contributed by atoms with Crippen LogP contribution in [0.5, 0.6) is 0 Å². The van der Waals surface area contributed by atoms with Crippen LogP contribution in [0.4, 0.5) is 0 Å². The quantitative estimate of drug-likeness (QED) is 0.834. The summed E-state index contributed by atoms with van der Waals surface area (Å²) in [6.07, 6.45) is 0.262. The van der Waals surface area contributed by atoms with Crippen molar-refractivity contribution in [2.45, 2.75) is 13.3 Å². The third-order valence-corrected chi connectivity index (χ3v) is 3.09. The zero-order chi connectivity index (χ0) is 12.4. The van der Waals surface area contributed by atoms with Gasteiger partial charge >= 0.3 is 0 Å². The van der Waals surface area contributed by atoms with Gasteiger partial charge in [0.05, 0.1) is 23.9 Å². The molecular formula is C12H9Cl2N3. The Morgan fingerprint density at radius 3 is 2.53 bits per heavy atom. The maximum atomic E-state index is 8.72. The monoisotopic (exact) mass is 265 g/mol. The highest BCUT2D eigenvalue weighted by molar-refractivity contribution is 6.31. The van der Waals surface area contributed by atoms with Crippen molar-refractivity contribution in [1.29, 1.82) is 5.26 Å². The van der Waals surface area contributed by atoms with E-state index in [1.54, 1.807) is 16.8 Å². The first kappa shape index (κ1) is 12.0. The van der Waals surface area contributed by atoms with Crippen LogP contribution in [0.3, 0.4) is 0 Å². The summed E-state index contributed by atoms with van der Waals surface area (Å²) in [5.41, 5.74) is 2.36. The molecule has 1 heterocycles. The standard InChI is InChI=1S/C12H9Cl2N3/c1-8-11(6-7-15)12(14)17(16-8)10-4-2-9(13)3-5-10/h2-5H,6H2,1H3. The van der Waals surface area contributed by atoms with Gasteiger partial charge in [0.1, 0.15) is 5.15 Å². The molecule has 0 fully saturated rings. The fraction of sp³-hybridized carbons (Fsp3) is 0.167. The molecular weight excluding hydrogens is 257 g/mol. The Labute approximate surface area is 109 Å². The highest BCUT2D eigenvalue weighted by Crippen LogP contribution is 2.24. The summed E-state index contributed by atoms with van der Waals surface area (Å²) in [7, 11) is 0. The van der Waals surface area contributed by atoms with E-state index < -0.39 is 0 Å². The topological polar surface area (TPSA) is 41.6 Å². The maximum Gasteiger partial charge on any atom is 0.137 e. The number of aromatic nitrogens is 2. The van der Waals surface area contributed by atoms with Gasteiger partial charge in [0.2, 0.25) is 0 Å². The predicted molar refractivity (Wildman–Crippen MR) is 67.6 cm³/mol. The van der Waals surface area contributed by atoms with Crippen LogP contribution < -0.4 is 0 Å². The van der Waals surface area contributed by atoms with Crippen LogP contribution in [-0.4, -0.2) is 9.78 Å². The van der Waals surface area contributed by atoms with E-state index in [-0.39, 0.29) is 6.42 Å². The van der Waals surface area contributed by atoms with Crippen LogP contribution in [0.25, 0.3) is 5.69 Å². The minimum absolute atomic E-state index is 0.262. The summed E-state index contributed by atoms with van der Waals surface area (Å²) >= 11 is 12.0. The molecule has 5 heteroatoms. The predicted octanol–water partition coefficient (Wildman–Crippen LogP) is 3.55. The molecule has 3 nitrogen and oxygen atoms in total. The fourth-order valence-corrected chi connectivity index (χ4v) is 2.03. The summed E-state index contributed by atoms with van der Waals surface area (Å²) < 4.78 is 1.61. The van der Waals surface area contributed by atoms with E-state index in [0.717, 1.165) is 16.9 Å². The zero-order valence-corrected chi connectivity index (χ0v) is 10.6. The average molecular weight is 266 g/mol. The van der Waals surface area contributed by atoms with Gasteiger partial charge in [0, 0.05) is 10.6 Å². The zero-order valence-electron chi connectivity index (χ0n) is 9.11. The molecule has 0 aliphatic rings. The Morgan fingerprint density at radius 2 is 1.94 bits per heavy atom. The van der Waals surface area contributed by atoms with Crippen molar-refractivity contribution in [3.63, 3.8) is 0 Å². The molecule has 0 saturated carbocycles. The molecule has 0 N–H and O–H groups in total. The molecule has 86 valence electrons. The number of benzene rings is 1. The third-order valence-electron chi connectivity index (χ3n) is 2.45. The highest BCUT2D eigenvalue weighted by atomic mass is 35.5. The van der Waals surface area contributed by atoms with Crippen molar-refractivity contribution in [2.75, 3.05) is 0 Å². The van der Waals surface area contributed by atoms with Gasteiger partial charge in [-0.1, -0.05) is 23.2 Å². The molecule has 0 aliphatic heterocycles. The van der Waals surface area contributed by atoms with Gasteiger partial charge in [0.15, 0.2) is 0 Å². The van der Waals surface area contributed by atoms with E-state index in [1.165, 1.54) is 0 Å². The Balaban J connectivity index is 2.50. The molecule has 1 aromatic carbocycles. The number of aryl methyl sites for hydroxylation is 1. The van der Waals surface area contributed by atoms with Gasteiger partial charge in [-0.15, -0.1) is 0 Å². The molecule has 0 bridgehead atoms. The van der Waals surface area contributed by atoms with E-state index >= 15 is 0 Å². The van der Waals surface area contributed by atoms with Crippen LogP contribution in [0, 0.1) is 18.3 Å². The van der Waals surface area contributed by atoms with Crippen molar-refractivity contribution in [1.82, 2.24) is 9.78 Å². The van der Waals surface area contributed by atoms with Gasteiger partial charge in [-0.25, -0.2) is 4.68 Å². The first-order chi connectivity index (χ1) is 8.13. The first-order valence-electron chi connectivity index (χ1n) is 5.00. The molecule has 0 atom stereocenters. The number of halogens is 2. The second-order valence-electron chi connectivity index (χ2n) is 3.58. The molecule has 0 amide bonds. The fourth-order valence-electron chi connectivity index (χ4n) is 1.56. The van der Waals surface area contributed by atoms with Gasteiger partial charge in [-0.2, -0.15) is 10.4 Å². The smallest absolute Gasteiger partial charge is 0.137 e. The van der Waals surface area contributed by atoms with Crippen molar-refractivity contribution in [3.05, 3.63) is 45.7 Å². The van der Waals surface area contributed by atoms with E-state index in [1.807, 2.05) is 19.1 Å². The van der Waals surface area contributed by atoms with E-state index in [4.69, 9.17) is 28.5 Å². The molecule has 2 aromatic rings. The summed E-state index contributed by atoms with van der Waals surface area (Å²) in [4.78, 5) is 0. The lowest BCUT2D eigenvalue weighted by atomic mass is 10.2. The largest absolute Gasteiger partial charge is 0.222 e. The number of rotatable bonds is 2. The third kappa shape index (κ3) is 2.28. The maximum absolute atomic E-state index is 8.72. The van der Waals surface area contributed by atoms with Crippen molar-refractivity contribution in [3.8, 4) is 11.8 Å². The van der Waals surface area contributed by atoms with Crippen molar-refractivity contribution < 1.29 is 0 Å². The van der Waals surface area contributed by atoms with Crippen molar-refractivity contribution in [2.24, 2.45) is 0 Å². The van der Waals surface area contributed by atoms with Gasteiger partial charge < -0.3 is 0 Å². The van der Waals surface area contributed by atoms with Crippen LogP contribution in [0.15, 0.2) is 24.3 Å². The van der Waals surface area contributed by atoms with Crippen LogP contribution in [0.1, 0.15) is 11.3 Å². The highest BCUT2D eigenvalue weighted by Gasteiger charge is 2.13. The van der Waals surface area contributed by atoms with Gasteiger partial charge in [-0.05, 0) is 31.2 Å². The van der Waals surface area contributed by atoms with Crippen LogP contribution >= 0.6 is 23.2 Å². The molecule has 0 saturated heterocycles. The lowest BCUT2D eigenvalue weighted by Gasteiger charge is -2.02. The van der Waals surface area contributed by atoms with Gasteiger partial charge in [0.25, 0.3) is 0 Å². The summed E-state index contributed by atoms with van der Waals surface area (Å²) in [5, 5.41) is 14.2. The number of hydrogen-bond acceptors (Lipinski definition) is 2. The van der Waals surface area contributed by atoms with E-state index in [2.05, 4.69) is 11.2 Å². The lowest BCUT2D eigenvalue weighted by Crippen LogP contribution is -1.96. The Morgan fingerprint density at radius 1 is 1.29 bits per heavy atom. The van der Waals surface area contributed by atoms with Crippen molar-refractivity contribution >= 4 is 23.2 Å².